The Labute approximate surface area is 300 Å². The number of nitrogens with zero attached hydrogens (tertiary/aromatic N) is 3. The van der Waals surface area contributed by atoms with Crippen LogP contribution in [0.4, 0.5) is 0 Å². The normalized spacial score (nSPS) is 12.8. The molecule has 0 saturated carbocycles. The fourth-order valence-corrected chi connectivity index (χ4v) is 7.57. The van der Waals surface area contributed by atoms with Gasteiger partial charge in [-0.15, -0.1) is 0 Å². The average molecular weight is 672 g/mol. The van der Waals surface area contributed by atoms with Crippen molar-refractivity contribution in [1.29, 1.82) is 0 Å². The molecule has 0 N–H and O–H groups in total. The molecule has 0 bridgehead atoms. The maximum Gasteiger partial charge on any atom is 0.163 e. The zero-order valence-electron chi connectivity index (χ0n) is 28.6. The molecule has 9 aromatic rings. The van der Waals surface area contributed by atoms with E-state index in [9.17, 15) is 0 Å². The lowest BCUT2D eigenvalue weighted by molar-refractivity contribution is 0.571. The third-order valence-electron chi connectivity index (χ3n) is 10.1. The van der Waals surface area contributed by atoms with Crippen molar-refractivity contribution in [3.8, 4) is 45.0 Å². The number of fused-ring (bicyclic) bond motifs is 6. The number of aromatic nitrogens is 3. The van der Waals surface area contributed by atoms with Gasteiger partial charge in [0.15, 0.2) is 11.6 Å². The van der Waals surface area contributed by atoms with Crippen LogP contribution in [0.1, 0.15) is 31.2 Å². The van der Waals surface area contributed by atoms with Crippen LogP contribution in [0, 0.1) is 0 Å². The SMILES string of the molecule is CCc1nc(-c2cccc(C3=c4c(oc5ccc(-c6cccc(-c7ccccc7)c6)cc45)=CCC3)c2)nc(-c2ccc3oc4ccccc4c3c2)n1. The highest BCUT2D eigenvalue weighted by Gasteiger charge is 2.17. The quantitative estimate of drug-likeness (QED) is 0.176. The van der Waals surface area contributed by atoms with Gasteiger partial charge in [0.05, 0.1) is 0 Å². The van der Waals surface area contributed by atoms with Gasteiger partial charge in [-0.3, -0.25) is 0 Å². The number of aryl methyl sites for hydroxylation is 1. The molecule has 248 valence electrons. The minimum atomic E-state index is 0.659. The first-order valence-corrected chi connectivity index (χ1v) is 17.9. The van der Waals surface area contributed by atoms with Gasteiger partial charge in [0.25, 0.3) is 0 Å². The maximum atomic E-state index is 6.47. The Hall–Kier alpha value is -6.59. The zero-order valence-corrected chi connectivity index (χ0v) is 28.6. The molecule has 0 spiro atoms. The molecule has 5 heteroatoms. The third kappa shape index (κ3) is 5.21. The Morgan fingerprint density at radius 1 is 0.481 bits per heavy atom. The van der Waals surface area contributed by atoms with Crippen LogP contribution in [-0.4, -0.2) is 15.0 Å². The molecular weight excluding hydrogens is 639 g/mol. The van der Waals surface area contributed by atoms with Crippen molar-refractivity contribution in [2.24, 2.45) is 0 Å². The molecule has 0 radical (unpaired) electrons. The summed E-state index contributed by atoms with van der Waals surface area (Å²) in [5.74, 6) is 2.09. The number of rotatable bonds is 6. The van der Waals surface area contributed by atoms with Crippen LogP contribution in [-0.2, 0) is 6.42 Å². The summed E-state index contributed by atoms with van der Waals surface area (Å²) < 4.78 is 12.6. The molecule has 52 heavy (non-hydrogen) atoms. The smallest absolute Gasteiger partial charge is 0.163 e. The second kappa shape index (κ2) is 12.3. The highest BCUT2D eigenvalue weighted by Crippen LogP contribution is 2.33. The van der Waals surface area contributed by atoms with Crippen LogP contribution >= 0.6 is 0 Å². The summed E-state index contributed by atoms with van der Waals surface area (Å²) in [6.45, 7) is 2.08. The second-order valence-corrected chi connectivity index (χ2v) is 13.4. The van der Waals surface area contributed by atoms with Crippen LogP contribution in [0.2, 0.25) is 0 Å². The van der Waals surface area contributed by atoms with E-state index in [0.29, 0.717) is 18.1 Å². The predicted molar refractivity (Wildman–Crippen MR) is 210 cm³/mol. The summed E-state index contributed by atoms with van der Waals surface area (Å²) >= 11 is 0. The highest BCUT2D eigenvalue weighted by molar-refractivity contribution is 6.06. The molecule has 0 amide bonds. The van der Waals surface area contributed by atoms with E-state index in [1.165, 1.54) is 33.0 Å². The first-order chi connectivity index (χ1) is 25.7. The van der Waals surface area contributed by atoms with Crippen molar-refractivity contribution in [1.82, 2.24) is 15.0 Å². The van der Waals surface area contributed by atoms with E-state index in [-0.39, 0.29) is 0 Å². The zero-order chi connectivity index (χ0) is 34.6. The van der Waals surface area contributed by atoms with Gasteiger partial charge in [0.1, 0.15) is 28.0 Å². The van der Waals surface area contributed by atoms with E-state index in [1.807, 2.05) is 30.3 Å². The highest BCUT2D eigenvalue weighted by atomic mass is 16.3. The second-order valence-electron chi connectivity index (χ2n) is 13.4. The lowest BCUT2D eigenvalue weighted by atomic mass is 9.92. The van der Waals surface area contributed by atoms with Crippen molar-refractivity contribution < 1.29 is 8.83 Å². The molecule has 3 heterocycles. The van der Waals surface area contributed by atoms with Crippen molar-refractivity contribution in [2.45, 2.75) is 26.2 Å². The number of benzene rings is 6. The Morgan fingerprint density at radius 3 is 1.90 bits per heavy atom. The molecule has 0 fully saturated rings. The molecule has 6 aromatic carbocycles. The van der Waals surface area contributed by atoms with Crippen LogP contribution in [0.3, 0.4) is 0 Å². The molecule has 0 atom stereocenters. The van der Waals surface area contributed by atoms with Crippen LogP contribution < -0.4 is 10.6 Å². The number of para-hydroxylation sites is 1. The minimum Gasteiger partial charge on any atom is -0.456 e. The van der Waals surface area contributed by atoms with Crippen molar-refractivity contribution >= 4 is 44.6 Å². The lowest BCUT2D eigenvalue weighted by Gasteiger charge is -2.12. The molecule has 5 nitrogen and oxygen atoms in total. The van der Waals surface area contributed by atoms with Crippen LogP contribution in [0.25, 0.3) is 89.6 Å². The minimum absolute atomic E-state index is 0.659. The van der Waals surface area contributed by atoms with Crippen molar-refractivity contribution in [3.05, 3.63) is 162 Å². The molecular formula is C47H33N3O2. The van der Waals surface area contributed by atoms with Gasteiger partial charge in [-0.25, -0.2) is 15.0 Å². The van der Waals surface area contributed by atoms with Gasteiger partial charge >= 0.3 is 0 Å². The van der Waals surface area contributed by atoms with E-state index in [0.717, 1.165) is 73.7 Å². The summed E-state index contributed by atoms with van der Waals surface area (Å²) in [5, 5.41) is 4.44. The Morgan fingerprint density at radius 2 is 1.08 bits per heavy atom. The monoisotopic (exact) mass is 671 g/mol. The van der Waals surface area contributed by atoms with Crippen LogP contribution in [0.5, 0.6) is 0 Å². The fraction of sp³-hybridized carbons (Fsp3) is 0.0851. The first-order valence-electron chi connectivity index (χ1n) is 17.9. The van der Waals surface area contributed by atoms with E-state index in [2.05, 4.69) is 122 Å². The van der Waals surface area contributed by atoms with E-state index in [1.54, 1.807) is 0 Å². The molecule has 0 saturated heterocycles. The van der Waals surface area contributed by atoms with Crippen molar-refractivity contribution in [3.63, 3.8) is 0 Å². The standard InChI is InChI=1S/C47H33N3O2/c1-2-44-48-46(50-47(49-44)35-22-24-41-38(28-35)37-17-6-7-19-40(37)51-41)34-16-9-15-33(26-34)36-18-10-20-43-45(36)39-27-32(21-23-42(39)52-43)31-14-8-13-30(25-31)29-11-4-3-5-12-29/h3-9,11-17,19-28H,2,10,18H2,1H3. The van der Waals surface area contributed by atoms with Gasteiger partial charge in [-0.1, -0.05) is 97.9 Å². The fourth-order valence-electron chi connectivity index (χ4n) is 7.57. The molecule has 1 aliphatic rings. The number of hydrogen-bond donors (Lipinski definition) is 0. The molecule has 0 aliphatic heterocycles. The number of furan rings is 2. The Balaban J connectivity index is 1.08. The largest absolute Gasteiger partial charge is 0.456 e. The summed E-state index contributed by atoms with van der Waals surface area (Å²) in [5.41, 5.74) is 12.6. The van der Waals surface area contributed by atoms with Gasteiger partial charge < -0.3 is 8.83 Å². The molecule has 3 aromatic heterocycles. The Bertz CT molecular complexity index is 2950. The van der Waals surface area contributed by atoms with Gasteiger partial charge in [0, 0.05) is 38.9 Å². The molecule has 0 unspecified atom stereocenters. The number of hydrogen-bond acceptors (Lipinski definition) is 5. The molecule has 1 aliphatic carbocycles. The van der Waals surface area contributed by atoms with Crippen molar-refractivity contribution in [2.75, 3.05) is 0 Å². The van der Waals surface area contributed by atoms with E-state index in [4.69, 9.17) is 23.8 Å². The predicted octanol–water partition coefficient (Wildman–Crippen LogP) is 10.5. The van der Waals surface area contributed by atoms with Gasteiger partial charge in [-0.2, -0.15) is 0 Å². The summed E-state index contributed by atoms with van der Waals surface area (Å²) in [6.07, 6.45) is 4.76. The average Bonchev–Trinajstić information content (AvgIpc) is 3.79. The lowest BCUT2D eigenvalue weighted by Crippen LogP contribution is -2.26. The molecule has 10 rings (SSSR count). The Kier molecular flexibility index (Phi) is 7.17. The van der Waals surface area contributed by atoms with Gasteiger partial charge in [-0.05, 0) is 101 Å². The summed E-state index contributed by atoms with van der Waals surface area (Å²) in [4.78, 5) is 14.8. The first kappa shape index (κ1) is 30.3. The third-order valence-corrected chi connectivity index (χ3v) is 10.1. The maximum absolute atomic E-state index is 6.47. The van der Waals surface area contributed by atoms with Gasteiger partial charge in [0.2, 0.25) is 0 Å². The summed E-state index contributed by atoms with van der Waals surface area (Å²) in [6, 6.07) is 48.8. The summed E-state index contributed by atoms with van der Waals surface area (Å²) in [7, 11) is 0. The van der Waals surface area contributed by atoms with E-state index < -0.39 is 0 Å². The van der Waals surface area contributed by atoms with Crippen LogP contribution in [0.15, 0.2) is 148 Å². The topological polar surface area (TPSA) is 65.0 Å². The van der Waals surface area contributed by atoms with E-state index >= 15 is 0 Å².